The molecule has 1 atom stereocenters. The second kappa shape index (κ2) is 10.4. The quantitative estimate of drug-likeness (QED) is 0.507. The lowest BCUT2D eigenvalue weighted by molar-refractivity contribution is -0.122. The van der Waals surface area contributed by atoms with Gasteiger partial charge in [-0.25, -0.2) is 4.98 Å². The number of hydrogen-bond acceptors (Lipinski definition) is 4. The number of carbonyl (C=O) groups is 2. The van der Waals surface area contributed by atoms with Crippen LogP contribution in [0.5, 0.6) is 0 Å². The van der Waals surface area contributed by atoms with Gasteiger partial charge in [0.05, 0.1) is 17.1 Å². The number of benzene rings is 2. The summed E-state index contributed by atoms with van der Waals surface area (Å²) in [6.07, 6.45) is 3.57. The number of aryl methyl sites for hydroxylation is 2. The molecule has 2 aromatic carbocycles. The van der Waals surface area contributed by atoms with E-state index in [1.807, 2.05) is 60.0 Å². The third-order valence-electron chi connectivity index (χ3n) is 5.73. The molecule has 7 heteroatoms. The molecular weight excluding hydrogens is 404 g/mol. The third kappa shape index (κ3) is 5.53. The molecule has 1 aliphatic rings. The van der Waals surface area contributed by atoms with Gasteiger partial charge in [-0.05, 0) is 50.5 Å². The minimum Gasteiger partial charge on any atom is -0.376 e. The number of carbonyl (C=O) groups excluding carboxylic acids is 2. The Morgan fingerprint density at radius 2 is 2.03 bits per heavy atom. The van der Waals surface area contributed by atoms with Crippen molar-refractivity contribution in [3.05, 3.63) is 65.5 Å². The summed E-state index contributed by atoms with van der Waals surface area (Å²) in [5.41, 5.74) is 3.54. The van der Waals surface area contributed by atoms with E-state index < -0.39 is 0 Å². The standard InChI is InChI=1S/C25H30N4O3/c1-18-7-4-8-19(15-18)25(31)26-13-5-12-23-28-21-10-2-3-11-22(21)29(23)17-24(30)27-16-20-9-6-14-32-20/h2-4,7-8,10-11,15,20H,5-6,9,12-14,16-17H2,1H3,(H,26,31)(H,27,30). The number of ether oxygens (including phenoxy) is 1. The van der Waals surface area contributed by atoms with Crippen LogP contribution in [-0.4, -0.2) is 47.2 Å². The molecule has 2 N–H and O–H groups in total. The summed E-state index contributed by atoms with van der Waals surface area (Å²) >= 11 is 0. The molecule has 0 aliphatic carbocycles. The van der Waals surface area contributed by atoms with Crippen LogP contribution in [0.4, 0.5) is 0 Å². The first-order valence-electron chi connectivity index (χ1n) is 11.3. The van der Waals surface area contributed by atoms with E-state index in [-0.39, 0.29) is 24.5 Å². The summed E-state index contributed by atoms with van der Waals surface area (Å²) in [7, 11) is 0. The highest BCUT2D eigenvalue weighted by Gasteiger charge is 2.18. The van der Waals surface area contributed by atoms with Gasteiger partial charge >= 0.3 is 0 Å². The summed E-state index contributed by atoms with van der Waals surface area (Å²) in [6, 6.07) is 15.4. The van der Waals surface area contributed by atoms with Crippen molar-refractivity contribution < 1.29 is 14.3 Å². The number of aromatic nitrogens is 2. The Morgan fingerprint density at radius 3 is 2.84 bits per heavy atom. The molecule has 1 saturated heterocycles. The lowest BCUT2D eigenvalue weighted by Gasteiger charge is -2.13. The van der Waals surface area contributed by atoms with Gasteiger partial charge in [0.1, 0.15) is 12.4 Å². The first kappa shape index (κ1) is 22.0. The number of nitrogens with zero attached hydrogens (tertiary/aromatic N) is 2. The van der Waals surface area contributed by atoms with Crippen molar-refractivity contribution in [1.29, 1.82) is 0 Å². The van der Waals surface area contributed by atoms with Crippen LogP contribution in [0.15, 0.2) is 48.5 Å². The number of imidazole rings is 1. The van der Waals surface area contributed by atoms with E-state index in [1.165, 1.54) is 0 Å². The summed E-state index contributed by atoms with van der Waals surface area (Å²) in [6.45, 7) is 4.06. The van der Waals surface area contributed by atoms with Crippen LogP contribution in [-0.2, 0) is 22.5 Å². The molecule has 168 valence electrons. The van der Waals surface area contributed by atoms with Crippen LogP contribution >= 0.6 is 0 Å². The minimum atomic E-state index is -0.0734. The minimum absolute atomic E-state index is 0.0438. The molecule has 32 heavy (non-hydrogen) atoms. The second-order valence-corrected chi connectivity index (χ2v) is 8.27. The Kier molecular flexibility index (Phi) is 7.17. The van der Waals surface area contributed by atoms with Gasteiger partial charge in [-0.1, -0.05) is 29.8 Å². The van der Waals surface area contributed by atoms with Crippen LogP contribution in [0, 0.1) is 6.92 Å². The molecule has 1 aliphatic heterocycles. The van der Waals surface area contributed by atoms with E-state index in [4.69, 9.17) is 9.72 Å². The molecule has 4 rings (SSSR count). The number of fused-ring (bicyclic) bond motifs is 1. The second-order valence-electron chi connectivity index (χ2n) is 8.27. The van der Waals surface area contributed by atoms with Gasteiger partial charge in [-0.2, -0.15) is 0 Å². The van der Waals surface area contributed by atoms with Crippen LogP contribution < -0.4 is 10.6 Å². The zero-order chi connectivity index (χ0) is 22.3. The maximum Gasteiger partial charge on any atom is 0.251 e. The Hall–Kier alpha value is -3.19. The smallest absolute Gasteiger partial charge is 0.251 e. The van der Waals surface area contributed by atoms with Crippen molar-refractivity contribution in [2.75, 3.05) is 19.7 Å². The van der Waals surface area contributed by atoms with Gasteiger partial charge in [0, 0.05) is 31.7 Å². The highest BCUT2D eigenvalue weighted by Crippen LogP contribution is 2.17. The fourth-order valence-electron chi connectivity index (χ4n) is 4.06. The van der Waals surface area contributed by atoms with Gasteiger partial charge in [0.25, 0.3) is 5.91 Å². The van der Waals surface area contributed by atoms with E-state index in [0.717, 1.165) is 48.3 Å². The maximum atomic E-state index is 12.6. The fourth-order valence-corrected chi connectivity index (χ4v) is 4.06. The predicted molar refractivity (Wildman–Crippen MR) is 124 cm³/mol. The number of nitrogens with one attached hydrogen (secondary N) is 2. The zero-order valence-corrected chi connectivity index (χ0v) is 18.5. The van der Waals surface area contributed by atoms with Crippen LogP contribution in [0.2, 0.25) is 0 Å². The van der Waals surface area contributed by atoms with E-state index >= 15 is 0 Å². The highest BCUT2D eigenvalue weighted by atomic mass is 16.5. The normalized spacial score (nSPS) is 15.7. The fraction of sp³-hybridized carbons (Fsp3) is 0.400. The summed E-state index contributed by atoms with van der Waals surface area (Å²) in [5, 5.41) is 5.96. The molecule has 0 radical (unpaired) electrons. The molecule has 7 nitrogen and oxygen atoms in total. The molecule has 0 bridgehead atoms. The number of rotatable bonds is 9. The van der Waals surface area contributed by atoms with Crippen molar-refractivity contribution in [1.82, 2.24) is 20.2 Å². The summed E-state index contributed by atoms with van der Waals surface area (Å²) in [4.78, 5) is 29.7. The van der Waals surface area contributed by atoms with Crippen molar-refractivity contribution in [3.63, 3.8) is 0 Å². The Balaban J connectivity index is 1.35. The molecule has 0 spiro atoms. The van der Waals surface area contributed by atoms with E-state index in [1.54, 1.807) is 0 Å². The maximum absolute atomic E-state index is 12.6. The summed E-state index contributed by atoms with van der Waals surface area (Å²) < 4.78 is 7.56. The Morgan fingerprint density at radius 1 is 1.16 bits per heavy atom. The van der Waals surface area contributed by atoms with E-state index in [2.05, 4.69) is 10.6 Å². The third-order valence-corrected chi connectivity index (χ3v) is 5.73. The number of para-hydroxylation sites is 2. The zero-order valence-electron chi connectivity index (χ0n) is 18.5. The average molecular weight is 435 g/mol. The van der Waals surface area contributed by atoms with Crippen molar-refractivity contribution in [2.24, 2.45) is 0 Å². The molecule has 3 aromatic rings. The van der Waals surface area contributed by atoms with E-state index in [9.17, 15) is 9.59 Å². The monoisotopic (exact) mass is 434 g/mol. The van der Waals surface area contributed by atoms with E-state index in [0.29, 0.717) is 25.1 Å². The van der Waals surface area contributed by atoms with Crippen LogP contribution in [0.3, 0.4) is 0 Å². The first-order valence-corrected chi connectivity index (χ1v) is 11.3. The van der Waals surface area contributed by atoms with Crippen LogP contribution in [0.25, 0.3) is 11.0 Å². The lowest BCUT2D eigenvalue weighted by atomic mass is 10.1. The molecule has 1 aromatic heterocycles. The van der Waals surface area contributed by atoms with Crippen molar-refractivity contribution in [2.45, 2.75) is 45.3 Å². The van der Waals surface area contributed by atoms with Gasteiger partial charge in [-0.15, -0.1) is 0 Å². The van der Waals surface area contributed by atoms with Crippen molar-refractivity contribution in [3.8, 4) is 0 Å². The molecular formula is C25H30N4O3. The first-order chi connectivity index (χ1) is 15.6. The molecule has 0 saturated carbocycles. The van der Waals surface area contributed by atoms with Gasteiger partial charge in [0.15, 0.2) is 0 Å². The molecule has 1 unspecified atom stereocenters. The largest absolute Gasteiger partial charge is 0.376 e. The van der Waals surface area contributed by atoms with Crippen molar-refractivity contribution >= 4 is 22.8 Å². The Bertz CT molecular complexity index is 1090. The van der Waals surface area contributed by atoms with Crippen LogP contribution in [0.1, 0.15) is 41.0 Å². The van der Waals surface area contributed by atoms with Gasteiger partial charge < -0.3 is 19.9 Å². The SMILES string of the molecule is Cc1cccc(C(=O)NCCCc2nc3ccccc3n2CC(=O)NCC2CCCO2)c1. The Labute approximate surface area is 188 Å². The van der Waals surface area contributed by atoms with Gasteiger partial charge in [-0.3, -0.25) is 9.59 Å². The topological polar surface area (TPSA) is 85.2 Å². The predicted octanol–water partition coefficient (Wildman–Crippen LogP) is 3.00. The van der Waals surface area contributed by atoms with Gasteiger partial charge in [0.2, 0.25) is 5.91 Å². The lowest BCUT2D eigenvalue weighted by Crippen LogP contribution is -2.34. The average Bonchev–Trinajstić information content (AvgIpc) is 3.43. The number of amides is 2. The molecule has 2 amide bonds. The number of hydrogen-bond donors (Lipinski definition) is 2. The summed E-state index contributed by atoms with van der Waals surface area (Å²) in [5.74, 6) is 0.733. The highest BCUT2D eigenvalue weighted by molar-refractivity contribution is 5.94. The molecule has 1 fully saturated rings. The molecule has 2 heterocycles.